The Hall–Kier alpha value is -1.22. The van der Waals surface area contributed by atoms with Gasteiger partial charge in [0.2, 0.25) is 10.4 Å². The van der Waals surface area contributed by atoms with Crippen LogP contribution in [-0.4, -0.2) is 57.3 Å². The van der Waals surface area contributed by atoms with Crippen LogP contribution in [0.3, 0.4) is 0 Å². The van der Waals surface area contributed by atoms with Crippen LogP contribution in [0.4, 0.5) is 0 Å². The van der Waals surface area contributed by atoms with Crippen molar-refractivity contribution in [1.29, 1.82) is 0 Å². The van der Waals surface area contributed by atoms with Gasteiger partial charge in [0.15, 0.2) is 6.17 Å². The third-order valence-electron chi connectivity index (χ3n) is 2.34. The van der Waals surface area contributed by atoms with E-state index in [1.165, 1.54) is 6.08 Å². The maximum atomic E-state index is 11.3. The summed E-state index contributed by atoms with van der Waals surface area (Å²) in [5.41, 5.74) is 0.562. The molecule has 1 N–H and O–H groups in total. The fourth-order valence-corrected chi connectivity index (χ4v) is 1.51. The highest BCUT2D eigenvalue weighted by Gasteiger charge is 2.23. The van der Waals surface area contributed by atoms with Crippen LogP contribution in [-0.2, 0) is 19.4 Å². The first kappa shape index (κ1) is 22.1. The zero-order valence-corrected chi connectivity index (χ0v) is 14.2. The van der Waals surface area contributed by atoms with Gasteiger partial charge in [-0.1, -0.05) is 19.6 Å². The second-order valence-electron chi connectivity index (χ2n) is 5.28. The summed E-state index contributed by atoms with van der Waals surface area (Å²) in [4.78, 5) is 11.3. The molecule has 0 saturated carbocycles. The number of amides is 1. The van der Waals surface area contributed by atoms with Crippen molar-refractivity contribution >= 4 is 16.3 Å². The molecule has 1 unspecified atom stereocenters. The van der Waals surface area contributed by atoms with Crippen LogP contribution in [0.15, 0.2) is 24.8 Å². The summed E-state index contributed by atoms with van der Waals surface area (Å²) in [5.74, 6) is -0.0556. The Bertz CT molecular complexity index is 452. The smallest absolute Gasteiger partial charge is 0.250 e. The lowest BCUT2D eigenvalue weighted by atomic mass is 10.2. The monoisotopic (exact) mass is 322 g/mol. The van der Waals surface area contributed by atoms with Crippen molar-refractivity contribution in [2.45, 2.75) is 26.4 Å². The number of hydrogen-bond donors (Lipinski definition) is 1. The summed E-state index contributed by atoms with van der Waals surface area (Å²) < 4.78 is 33.1. The van der Waals surface area contributed by atoms with E-state index in [9.17, 15) is 17.8 Å². The lowest BCUT2D eigenvalue weighted by molar-refractivity contribution is -0.898. The highest BCUT2D eigenvalue weighted by atomic mass is 32.3. The van der Waals surface area contributed by atoms with E-state index >= 15 is 0 Å². The Morgan fingerprint density at radius 1 is 1.43 bits per heavy atom. The molecule has 0 spiro atoms. The molecule has 0 radical (unpaired) electrons. The van der Waals surface area contributed by atoms with Crippen molar-refractivity contribution in [2.24, 2.45) is 0 Å². The average molecular weight is 322 g/mol. The second kappa shape index (κ2) is 9.67. The first-order valence-corrected chi connectivity index (χ1v) is 7.67. The molecule has 0 aliphatic carbocycles. The Balaban J connectivity index is 0. The van der Waals surface area contributed by atoms with Crippen molar-refractivity contribution in [3.63, 3.8) is 0 Å². The first-order valence-electron chi connectivity index (χ1n) is 6.33. The van der Waals surface area contributed by atoms with Crippen molar-refractivity contribution < 1.29 is 26.4 Å². The number of rotatable bonds is 7. The molecule has 0 aromatic rings. The standard InChI is InChI=1S/C10H20N2O.C3H6O4S/c1-7-9(12(4,5)6)11-10(13)8(2)3;1-2-3-7-8(4,5)6/h9H,2,7H2,1,3-6H3;2H,1,3H2,(H,4,5,6). The summed E-state index contributed by atoms with van der Waals surface area (Å²) in [6, 6.07) is 0. The van der Waals surface area contributed by atoms with Gasteiger partial charge in [-0.05, 0) is 6.92 Å². The van der Waals surface area contributed by atoms with E-state index in [-0.39, 0.29) is 18.7 Å². The molecule has 0 rings (SSSR count). The molecule has 124 valence electrons. The van der Waals surface area contributed by atoms with Gasteiger partial charge < -0.3 is 14.4 Å². The molecule has 0 aliphatic heterocycles. The number of quaternary nitrogens is 1. The van der Waals surface area contributed by atoms with Crippen LogP contribution in [0.25, 0.3) is 0 Å². The fourth-order valence-electron chi connectivity index (χ4n) is 1.25. The molecule has 1 amide bonds. The number of carbonyl (C=O) groups excluding carboxylic acids is 1. The maximum absolute atomic E-state index is 11.3. The molecule has 8 heteroatoms. The zero-order valence-electron chi connectivity index (χ0n) is 13.4. The molecule has 0 heterocycles. The SMILES string of the molecule is C=C(C)C(=O)NC(CC)[N+](C)(C)C.C=CCOS(=O)(=O)[O-]. The summed E-state index contributed by atoms with van der Waals surface area (Å²) in [6.07, 6.45) is 2.25. The molecule has 0 fully saturated rings. The van der Waals surface area contributed by atoms with Crippen LogP contribution in [0.5, 0.6) is 0 Å². The van der Waals surface area contributed by atoms with Crippen LogP contribution < -0.4 is 5.32 Å². The summed E-state index contributed by atoms with van der Waals surface area (Å²) in [6.45, 7) is 10.3. The number of carbonyl (C=O) groups is 1. The summed E-state index contributed by atoms with van der Waals surface area (Å²) in [5, 5.41) is 2.94. The van der Waals surface area contributed by atoms with Gasteiger partial charge in [0, 0.05) is 12.0 Å². The van der Waals surface area contributed by atoms with E-state index < -0.39 is 10.4 Å². The third-order valence-corrected chi connectivity index (χ3v) is 2.76. The van der Waals surface area contributed by atoms with Gasteiger partial charge in [-0.2, -0.15) is 0 Å². The highest BCUT2D eigenvalue weighted by Crippen LogP contribution is 2.04. The molecule has 0 aliphatic rings. The third kappa shape index (κ3) is 13.5. The molecule has 7 nitrogen and oxygen atoms in total. The second-order valence-corrected chi connectivity index (χ2v) is 6.33. The Morgan fingerprint density at radius 3 is 2.10 bits per heavy atom. The lowest BCUT2D eigenvalue weighted by Gasteiger charge is -2.33. The van der Waals surface area contributed by atoms with Gasteiger partial charge in [-0.25, -0.2) is 8.42 Å². The maximum Gasteiger partial charge on any atom is 0.250 e. The largest absolute Gasteiger partial charge is 0.726 e. The van der Waals surface area contributed by atoms with Crippen molar-refractivity contribution in [1.82, 2.24) is 5.32 Å². The van der Waals surface area contributed by atoms with E-state index in [2.05, 4.69) is 50.7 Å². The first-order chi connectivity index (χ1) is 9.35. The van der Waals surface area contributed by atoms with E-state index in [0.717, 1.165) is 10.9 Å². The molecular weight excluding hydrogens is 296 g/mol. The van der Waals surface area contributed by atoms with Gasteiger partial charge >= 0.3 is 0 Å². The number of hydrogen-bond acceptors (Lipinski definition) is 5. The van der Waals surface area contributed by atoms with Crippen molar-refractivity contribution in [3.05, 3.63) is 24.8 Å². The van der Waals surface area contributed by atoms with Crippen molar-refractivity contribution in [2.75, 3.05) is 27.7 Å². The fraction of sp³-hybridized carbons (Fsp3) is 0.615. The zero-order chi connectivity index (χ0) is 17.3. The molecule has 21 heavy (non-hydrogen) atoms. The van der Waals surface area contributed by atoms with E-state index in [0.29, 0.717) is 5.57 Å². The van der Waals surface area contributed by atoms with E-state index in [1.807, 2.05) is 0 Å². The van der Waals surface area contributed by atoms with Crippen LogP contribution in [0.1, 0.15) is 20.3 Å². The molecule has 0 saturated heterocycles. The summed E-state index contributed by atoms with van der Waals surface area (Å²) >= 11 is 0. The van der Waals surface area contributed by atoms with Gasteiger partial charge in [0.05, 0.1) is 27.7 Å². The van der Waals surface area contributed by atoms with E-state index in [4.69, 9.17) is 0 Å². The Kier molecular flexibility index (Phi) is 10.2. The van der Waals surface area contributed by atoms with Gasteiger partial charge in [-0.15, -0.1) is 6.58 Å². The summed E-state index contributed by atoms with van der Waals surface area (Å²) in [7, 11) is 1.68. The minimum atomic E-state index is -4.51. The molecule has 0 aromatic heterocycles. The van der Waals surface area contributed by atoms with Gasteiger partial charge in [0.25, 0.3) is 5.91 Å². The number of nitrogens with one attached hydrogen (secondary N) is 1. The predicted molar refractivity (Wildman–Crippen MR) is 80.9 cm³/mol. The molecular formula is C13H26N2O5S. The average Bonchev–Trinajstić information content (AvgIpc) is 2.31. The Labute approximate surface area is 127 Å². The van der Waals surface area contributed by atoms with Crippen LogP contribution in [0, 0.1) is 0 Å². The van der Waals surface area contributed by atoms with Gasteiger partial charge in [0.1, 0.15) is 0 Å². The highest BCUT2D eigenvalue weighted by molar-refractivity contribution is 7.80. The van der Waals surface area contributed by atoms with Crippen LogP contribution >= 0.6 is 0 Å². The molecule has 0 aromatic carbocycles. The minimum Gasteiger partial charge on any atom is -0.726 e. The van der Waals surface area contributed by atoms with Crippen LogP contribution in [0.2, 0.25) is 0 Å². The quantitative estimate of drug-likeness (QED) is 0.186. The van der Waals surface area contributed by atoms with E-state index in [1.54, 1.807) is 6.92 Å². The van der Waals surface area contributed by atoms with Crippen molar-refractivity contribution in [3.8, 4) is 0 Å². The molecule has 1 atom stereocenters. The minimum absolute atomic E-state index is 0.0556. The number of nitrogens with zero attached hydrogens (tertiary/aromatic N) is 1. The predicted octanol–water partition coefficient (Wildman–Crippen LogP) is 0.770. The van der Waals surface area contributed by atoms with Gasteiger partial charge in [-0.3, -0.25) is 8.98 Å². The lowest BCUT2D eigenvalue weighted by Crippen LogP contribution is -2.54. The Morgan fingerprint density at radius 2 is 1.90 bits per heavy atom. The molecule has 0 bridgehead atoms. The normalized spacial score (nSPS) is 12.7. The topological polar surface area (TPSA) is 95.5 Å².